The Bertz CT molecular complexity index is 316. The van der Waals surface area contributed by atoms with Crippen LogP contribution < -0.4 is 10.6 Å². The number of allylic oxidation sites excluding steroid dienone is 1. The van der Waals surface area contributed by atoms with E-state index in [4.69, 9.17) is 0 Å². The first-order valence-electron chi connectivity index (χ1n) is 8.80. The summed E-state index contributed by atoms with van der Waals surface area (Å²) in [5.74, 6) is 0.210. The number of carbonyl (C=O) groups is 2. The molecule has 0 aromatic heterocycles. The number of hydrogen-bond acceptors (Lipinski definition) is 2. The van der Waals surface area contributed by atoms with Crippen LogP contribution in [0.15, 0.2) is 12.7 Å². The molecule has 22 heavy (non-hydrogen) atoms. The van der Waals surface area contributed by atoms with E-state index < -0.39 is 0 Å². The van der Waals surface area contributed by atoms with Crippen LogP contribution in [-0.2, 0) is 9.59 Å². The van der Waals surface area contributed by atoms with Crippen molar-refractivity contribution in [1.82, 2.24) is 10.6 Å². The molecule has 0 aromatic carbocycles. The maximum Gasteiger partial charge on any atom is 0.220 e. The Morgan fingerprint density at radius 3 is 2.32 bits per heavy atom. The minimum atomic E-state index is 0.102. The maximum absolute atomic E-state index is 11.9. The lowest BCUT2D eigenvalue weighted by Gasteiger charge is -2.16. The van der Waals surface area contributed by atoms with Gasteiger partial charge in [0.15, 0.2) is 0 Å². The molecule has 4 nitrogen and oxygen atoms in total. The molecule has 0 saturated heterocycles. The lowest BCUT2D eigenvalue weighted by molar-refractivity contribution is -0.123. The molecule has 0 rings (SSSR count). The summed E-state index contributed by atoms with van der Waals surface area (Å²) in [5.41, 5.74) is 0. The standard InChI is InChI=1S/C18H34N2O2/c1-4-7-9-12-16(6-3)20-18(22)14-11-10-13-17(21)19-15-8-5-2/h4,16H,1,5-15H2,2-3H3,(H,19,21)(H,20,22). The highest BCUT2D eigenvalue weighted by molar-refractivity contribution is 5.77. The first-order chi connectivity index (χ1) is 10.6. The van der Waals surface area contributed by atoms with Gasteiger partial charge in [0.2, 0.25) is 11.8 Å². The van der Waals surface area contributed by atoms with Gasteiger partial charge in [-0.25, -0.2) is 0 Å². The second-order valence-electron chi connectivity index (χ2n) is 5.80. The molecule has 0 radical (unpaired) electrons. The summed E-state index contributed by atoms with van der Waals surface area (Å²) in [6, 6.07) is 0.268. The van der Waals surface area contributed by atoms with Gasteiger partial charge in [0, 0.05) is 25.4 Å². The zero-order valence-corrected chi connectivity index (χ0v) is 14.5. The summed E-state index contributed by atoms with van der Waals surface area (Å²) >= 11 is 0. The van der Waals surface area contributed by atoms with E-state index in [2.05, 4.69) is 31.1 Å². The Labute approximate surface area is 136 Å². The molecule has 0 spiro atoms. The molecular formula is C18H34N2O2. The maximum atomic E-state index is 11.9. The number of nitrogens with one attached hydrogen (secondary N) is 2. The van der Waals surface area contributed by atoms with E-state index in [1.807, 2.05) is 6.08 Å². The first-order valence-corrected chi connectivity index (χ1v) is 8.80. The fourth-order valence-corrected chi connectivity index (χ4v) is 2.25. The van der Waals surface area contributed by atoms with Gasteiger partial charge in [-0.15, -0.1) is 6.58 Å². The molecule has 2 N–H and O–H groups in total. The van der Waals surface area contributed by atoms with Crippen LogP contribution in [0.5, 0.6) is 0 Å². The van der Waals surface area contributed by atoms with E-state index in [9.17, 15) is 9.59 Å². The predicted octanol–water partition coefficient (Wildman–Crippen LogP) is 3.71. The quantitative estimate of drug-likeness (QED) is 0.379. The van der Waals surface area contributed by atoms with E-state index in [1.54, 1.807) is 0 Å². The van der Waals surface area contributed by atoms with Crippen molar-refractivity contribution >= 4 is 11.8 Å². The van der Waals surface area contributed by atoms with Crippen molar-refractivity contribution in [1.29, 1.82) is 0 Å². The molecule has 0 aliphatic rings. The SMILES string of the molecule is C=CCCCC(CC)NC(=O)CCCCC(=O)NCCCC. The number of unbranched alkanes of at least 4 members (excludes halogenated alkanes) is 3. The van der Waals surface area contributed by atoms with Gasteiger partial charge in [0.1, 0.15) is 0 Å². The van der Waals surface area contributed by atoms with Gasteiger partial charge in [-0.1, -0.05) is 26.3 Å². The zero-order valence-electron chi connectivity index (χ0n) is 14.5. The van der Waals surface area contributed by atoms with E-state index in [-0.39, 0.29) is 17.9 Å². The van der Waals surface area contributed by atoms with Crippen LogP contribution in [0, 0.1) is 0 Å². The summed E-state index contributed by atoms with van der Waals surface area (Å²) in [4.78, 5) is 23.4. The largest absolute Gasteiger partial charge is 0.356 e. The number of carbonyl (C=O) groups excluding carboxylic acids is 2. The Morgan fingerprint density at radius 1 is 1.05 bits per heavy atom. The van der Waals surface area contributed by atoms with Gasteiger partial charge >= 0.3 is 0 Å². The van der Waals surface area contributed by atoms with Crippen LogP contribution in [0.1, 0.15) is 78.1 Å². The van der Waals surface area contributed by atoms with E-state index in [0.717, 1.165) is 57.9 Å². The Hall–Kier alpha value is -1.32. The van der Waals surface area contributed by atoms with Crippen molar-refractivity contribution in [3.05, 3.63) is 12.7 Å². The predicted molar refractivity (Wildman–Crippen MR) is 92.7 cm³/mol. The van der Waals surface area contributed by atoms with Gasteiger partial charge < -0.3 is 10.6 Å². The van der Waals surface area contributed by atoms with Crippen molar-refractivity contribution < 1.29 is 9.59 Å². The molecule has 0 fully saturated rings. The highest BCUT2D eigenvalue weighted by Gasteiger charge is 2.10. The molecular weight excluding hydrogens is 276 g/mol. The van der Waals surface area contributed by atoms with Crippen molar-refractivity contribution in [2.75, 3.05) is 6.54 Å². The fourth-order valence-electron chi connectivity index (χ4n) is 2.25. The lowest BCUT2D eigenvalue weighted by atomic mass is 10.1. The number of hydrogen-bond donors (Lipinski definition) is 2. The smallest absolute Gasteiger partial charge is 0.220 e. The monoisotopic (exact) mass is 310 g/mol. The second kappa shape index (κ2) is 14.6. The highest BCUT2D eigenvalue weighted by Crippen LogP contribution is 2.06. The van der Waals surface area contributed by atoms with Gasteiger partial charge in [-0.2, -0.15) is 0 Å². The van der Waals surface area contributed by atoms with E-state index in [1.165, 1.54) is 0 Å². The van der Waals surface area contributed by atoms with Crippen LogP contribution >= 0.6 is 0 Å². The van der Waals surface area contributed by atoms with Crippen LogP contribution in [0.25, 0.3) is 0 Å². The topological polar surface area (TPSA) is 58.2 Å². The minimum absolute atomic E-state index is 0.102. The molecule has 1 atom stereocenters. The highest BCUT2D eigenvalue weighted by atomic mass is 16.2. The average Bonchev–Trinajstić information content (AvgIpc) is 2.51. The Morgan fingerprint density at radius 2 is 1.73 bits per heavy atom. The van der Waals surface area contributed by atoms with Crippen molar-refractivity contribution in [3.63, 3.8) is 0 Å². The second-order valence-corrected chi connectivity index (χ2v) is 5.80. The Kier molecular flexibility index (Phi) is 13.7. The minimum Gasteiger partial charge on any atom is -0.356 e. The third-order valence-electron chi connectivity index (χ3n) is 3.73. The molecule has 0 saturated carbocycles. The van der Waals surface area contributed by atoms with Crippen molar-refractivity contribution in [2.24, 2.45) is 0 Å². The van der Waals surface area contributed by atoms with Gasteiger partial charge in [-0.3, -0.25) is 9.59 Å². The number of amides is 2. The summed E-state index contributed by atoms with van der Waals surface area (Å²) < 4.78 is 0. The molecule has 4 heteroatoms. The Balaban J connectivity index is 3.66. The summed E-state index contributed by atoms with van der Waals surface area (Å²) in [7, 11) is 0. The van der Waals surface area contributed by atoms with Crippen molar-refractivity contribution in [3.8, 4) is 0 Å². The van der Waals surface area contributed by atoms with Gasteiger partial charge in [0.25, 0.3) is 0 Å². The molecule has 0 aromatic rings. The summed E-state index contributed by atoms with van der Waals surface area (Å²) in [6.07, 6.45) is 10.7. The molecule has 0 aliphatic heterocycles. The van der Waals surface area contributed by atoms with Gasteiger partial charge in [0.05, 0.1) is 0 Å². The molecule has 0 bridgehead atoms. The normalized spacial score (nSPS) is 11.7. The van der Waals surface area contributed by atoms with Crippen molar-refractivity contribution in [2.45, 2.75) is 84.1 Å². The fraction of sp³-hybridized carbons (Fsp3) is 0.778. The summed E-state index contributed by atoms with van der Waals surface area (Å²) in [5, 5.41) is 5.98. The third kappa shape index (κ3) is 12.4. The third-order valence-corrected chi connectivity index (χ3v) is 3.73. The molecule has 128 valence electrons. The van der Waals surface area contributed by atoms with Crippen LogP contribution in [0.4, 0.5) is 0 Å². The average molecular weight is 310 g/mol. The lowest BCUT2D eigenvalue weighted by Crippen LogP contribution is -2.34. The molecule has 2 amide bonds. The number of rotatable bonds is 14. The first kappa shape index (κ1) is 20.7. The molecule has 0 heterocycles. The molecule has 1 unspecified atom stereocenters. The van der Waals surface area contributed by atoms with E-state index >= 15 is 0 Å². The molecule has 0 aliphatic carbocycles. The van der Waals surface area contributed by atoms with Crippen LogP contribution in [0.3, 0.4) is 0 Å². The van der Waals surface area contributed by atoms with E-state index in [0.29, 0.717) is 12.8 Å². The van der Waals surface area contributed by atoms with Crippen LogP contribution in [0.2, 0.25) is 0 Å². The summed E-state index contributed by atoms with van der Waals surface area (Å²) in [6.45, 7) is 8.67. The van der Waals surface area contributed by atoms with Crippen LogP contribution in [-0.4, -0.2) is 24.4 Å². The van der Waals surface area contributed by atoms with Gasteiger partial charge in [-0.05, 0) is 44.9 Å². The zero-order chi connectivity index (χ0) is 16.6.